The standard InChI is InChI=1S/C25H36N6O5/c32-20(29-21(18-13-26-14-28-18)22(33)31-6-2-3-19(31)23(34)35)4-1-5-27-24(36)30-25-10-15-7-16(11-25)9-17(8-15)12-25/h13-17,19,21H,1-12H2,(H,26,28)(H,29,32)(H,34,35)(H2,27,30,36). The van der Waals surface area contributed by atoms with Crippen LogP contribution < -0.4 is 16.0 Å². The van der Waals surface area contributed by atoms with Gasteiger partial charge in [0.15, 0.2) is 6.04 Å². The van der Waals surface area contributed by atoms with Crippen LogP contribution in [0.15, 0.2) is 12.5 Å². The van der Waals surface area contributed by atoms with Crippen LogP contribution in [0.3, 0.4) is 0 Å². The molecule has 5 fully saturated rings. The normalized spacial score (nSPS) is 31.2. The number of hydrogen-bond donors (Lipinski definition) is 5. The monoisotopic (exact) mass is 500 g/mol. The second-order valence-corrected chi connectivity index (χ2v) is 11.2. The Kier molecular flexibility index (Phi) is 6.90. The molecular weight excluding hydrogens is 464 g/mol. The Morgan fingerprint density at radius 3 is 2.44 bits per heavy atom. The maximum absolute atomic E-state index is 13.1. The minimum Gasteiger partial charge on any atom is -0.480 e. The minimum absolute atomic E-state index is 0.0588. The third-order valence-electron chi connectivity index (χ3n) is 8.47. The summed E-state index contributed by atoms with van der Waals surface area (Å²) in [6.45, 7) is 0.676. The molecule has 2 atom stereocenters. The molecule has 0 spiro atoms. The Morgan fingerprint density at radius 2 is 1.83 bits per heavy atom. The van der Waals surface area contributed by atoms with Gasteiger partial charge >= 0.3 is 12.0 Å². The van der Waals surface area contributed by atoms with Crippen molar-refractivity contribution >= 4 is 23.8 Å². The number of urea groups is 1. The summed E-state index contributed by atoms with van der Waals surface area (Å²) in [6.07, 6.45) is 11.6. The van der Waals surface area contributed by atoms with Gasteiger partial charge < -0.3 is 30.9 Å². The maximum atomic E-state index is 13.1. The first-order chi connectivity index (χ1) is 17.3. The summed E-state index contributed by atoms with van der Waals surface area (Å²) in [5.41, 5.74) is 0.272. The van der Waals surface area contributed by atoms with Gasteiger partial charge in [-0.15, -0.1) is 0 Å². The van der Waals surface area contributed by atoms with Crippen LogP contribution in [0.4, 0.5) is 4.79 Å². The molecular formula is C25H36N6O5. The zero-order valence-electron chi connectivity index (χ0n) is 20.5. The van der Waals surface area contributed by atoms with Crippen LogP contribution in [-0.2, 0) is 14.4 Å². The number of rotatable bonds is 9. The van der Waals surface area contributed by atoms with Crippen LogP contribution in [0.5, 0.6) is 0 Å². The lowest BCUT2D eigenvalue weighted by Gasteiger charge is -2.56. The van der Waals surface area contributed by atoms with Crippen LogP contribution in [0.25, 0.3) is 0 Å². The lowest BCUT2D eigenvalue weighted by atomic mass is 9.53. The third kappa shape index (κ3) is 5.19. The number of H-pyrrole nitrogens is 1. The lowest BCUT2D eigenvalue weighted by Crippen LogP contribution is -2.61. The Balaban J connectivity index is 1.09. The van der Waals surface area contributed by atoms with E-state index in [0.717, 1.165) is 37.0 Å². The average Bonchev–Trinajstić information content (AvgIpc) is 3.51. The number of hydrogen-bond acceptors (Lipinski definition) is 5. The number of nitrogens with zero attached hydrogens (tertiary/aromatic N) is 2. The predicted molar refractivity (Wildman–Crippen MR) is 129 cm³/mol. The Hall–Kier alpha value is -3.11. The van der Waals surface area contributed by atoms with E-state index in [4.69, 9.17) is 0 Å². The van der Waals surface area contributed by atoms with Crippen LogP contribution in [-0.4, -0.2) is 68.5 Å². The highest BCUT2D eigenvalue weighted by Crippen LogP contribution is 2.55. The molecule has 2 heterocycles. The molecule has 1 aliphatic heterocycles. The summed E-state index contributed by atoms with van der Waals surface area (Å²) >= 11 is 0. The molecule has 0 radical (unpaired) electrons. The first-order valence-corrected chi connectivity index (χ1v) is 13.2. The molecule has 0 aromatic carbocycles. The van der Waals surface area contributed by atoms with Crippen molar-refractivity contribution in [3.8, 4) is 0 Å². The van der Waals surface area contributed by atoms with E-state index in [1.807, 2.05) is 0 Å². The largest absolute Gasteiger partial charge is 0.480 e. The number of imidazole rings is 1. The fraction of sp³-hybridized carbons (Fsp3) is 0.720. The number of carboxylic acids is 1. The molecule has 11 nitrogen and oxygen atoms in total. The molecule has 5 N–H and O–H groups in total. The summed E-state index contributed by atoms with van der Waals surface area (Å²) in [5.74, 6) is 0.357. The summed E-state index contributed by atoms with van der Waals surface area (Å²) in [5, 5.41) is 18.3. The summed E-state index contributed by atoms with van der Waals surface area (Å²) in [7, 11) is 0. The molecule has 4 amide bonds. The fourth-order valence-electron chi connectivity index (χ4n) is 7.38. The molecule has 1 saturated heterocycles. The molecule has 36 heavy (non-hydrogen) atoms. The zero-order valence-corrected chi connectivity index (χ0v) is 20.5. The quantitative estimate of drug-likeness (QED) is 0.325. The zero-order chi connectivity index (χ0) is 25.3. The van der Waals surface area contributed by atoms with E-state index < -0.39 is 24.0 Å². The number of nitrogens with one attached hydrogen (secondary N) is 4. The van der Waals surface area contributed by atoms with Gasteiger partial charge in [-0.25, -0.2) is 14.6 Å². The smallest absolute Gasteiger partial charge is 0.326 e. The predicted octanol–water partition coefficient (Wildman–Crippen LogP) is 1.69. The Bertz CT molecular complexity index is 960. The molecule has 4 bridgehead atoms. The second-order valence-electron chi connectivity index (χ2n) is 11.2. The van der Waals surface area contributed by atoms with Crippen molar-refractivity contribution in [3.63, 3.8) is 0 Å². The molecule has 6 rings (SSSR count). The molecule has 2 unspecified atom stereocenters. The number of carbonyl (C=O) groups excluding carboxylic acids is 3. The number of aromatic amines is 1. The molecule has 4 saturated carbocycles. The van der Waals surface area contributed by atoms with E-state index in [1.54, 1.807) is 0 Å². The van der Waals surface area contributed by atoms with Crippen molar-refractivity contribution in [2.24, 2.45) is 17.8 Å². The van der Waals surface area contributed by atoms with E-state index in [1.165, 1.54) is 36.7 Å². The lowest BCUT2D eigenvalue weighted by molar-refractivity contribution is -0.149. The highest BCUT2D eigenvalue weighted by atomic mass is 16.4. The molecule has 5 aliphatic rings. The summed E-state index contributed by atoms with van der Waals surface area (Å²) in [4.78, 5) is 58.1. The first kappa shape index (κ1) is 24.6. The van der Waals surface area contributed by atoms with E-state index in [0.29, 0.717) is 38.0 Å². The third-order valence-corrected chi connectivity index (χ3v) is 8.47. The van der Waals surface area contributed by atoms with Crippen molar-refractivity contribution in [1.29, 1.82) is 0 Å². The molecule has 1 aromatic rings. The van der Waals surface area contributed by atoms with E-state index >= 15 is 0 Å². The SMILES string of the molecule is O=C(CCCNC(=O)NC12CC3CC(CC(C3)C1)C2)NC(C(=O)N1CCCC1C(=O)O)c1c[nH]cn1. The van der Waals surface area contributed by atoms with Gasteiger partial charge in [0, 0.05) is 31.2 Å². The van der Waals surface area contributed by atoms with Crippen LogP contribution in [0, 0.1) is 17.8 Å². The van der Waals surface area contributed by atoms with Crippen molar-refractivity contribution in [3.05, 3.63) is 18.2 Å². The maximum Gasteiger partial charge on any atom is 0.326 e. The Labute approximate surface area is 210 Å². The average molecular weight is 501 g/mol. The van der Waals surface area contributed by atoms with Gasteiger partial charge in [0.1, 0.15) is 6.04 Å². The van der Waals surface area contributed by atoms with E-state index in [9.17, 15) is 24.3 Å². The molecule has 1 aromatic heterocycles. The Morgan fingerprint density at radius 1 is 1.14 bits per heavy atom. The number of aromatic nitrogens is 2. The van der Waals surface area contributed by atoms with Crippen LogP contribution >= 0.6 is 0 Å². The van der Waals surface area contributed by atoms with Crippen molar-refractivity contribution in [2.75, 3.05) is 13.1 Å². The summed E-state index contributed by atoms with van der Waals surface area (Å²) < 4.78 is 0. The number of amides is 4. The van der Waals surface area contributed by atoms with Gasteiger partial charge in [-0.2, -0.15) is 0 Å². The van der Waals surface area contributed by atoms with Crippen LogP contribution in [0.2, 0.25) is 0 Å². The van der Waals surface area contributed by atoms with Crippen molar-refractivity contribution in [1.82, 2.24) is 30.8 Å². The van der Waals surface area contributed by atoms with Gasteiger partial charge in [-0.05, 0) is 75.5 Å². The second kappa shape index (κ2) is 10.1. The number of likely N-dealkylation sites (tertiary alicyclic amines) is 1. The number of carboxylic acid groups (broad SMARTS) is 1. The highest BCUT2D eigenvalue weighted by Gasteiger charge is 2.51. The number of carbonyl (C=O) groups is 4. The highest BCUT2D eigenvalue weighted by molar-refractivity contribution is 5.91. The van der Waals surface area contributed by atoms with E-state index in [2.05, 4.69) is 25.9 Å². The minimum atomic E-state index is -1.06. The molecule has 4 aliphatic carbocycles. The summed E-state index contributed by atoms with van der Waals surface area (Å²) in [6, 6.07) is -2.13. The fourth-order valence-corrected chi connectivity index (χ4v) is 7.38. The van der Waals surface area contributed by atoms with Gasteiger partial charge in [0.25, 0.3) is 5.91 Å². The van der Waals surface area contributed by atoms with Gasteiger partial charge in [-0.3, -0.25) is 9.59 Å². The molecule has 196 valence electrons. The topological polar surface area (TPSA) is 157 Å². The first-order valence-electron chi connectivity index (χ1n) is 13.2. The van der Waals surface area contributed by atoms with E-state index in [-0.39, 0.29) is 23.9 Å². The van der Waals surface area contributed by atoms with Gasteiger partial charge in [0.05, 0.1) is 12.0 Å². The van der Waals surface area contributed by atoms with Gasteiger partial charge in [-0.1, -0.05) is 0 Å². The number of aliphatic carboxylic acids is 1. The van der Waals surface area contributed by atoms with Crippen LogP contribution in [0.1, 0.15) is 75.9 Å². The van der Waals surface area contributed by atoms with Gasteiger partial charge in [0.2, 0.25) is 5.91 Å². The van der Waals surface area contributed by atoms with Crippen molar-refractivity contribution < 1.29 is 24.3 Å². The van der Waals surface area contributed by atoms with Crippen molar-refractivity contribution in [2.45, 2.75) is 81.8 Å². The molecule has 11 heteroatoms.